The fourth-order valence-corrected chi connectivity index (χ4v) is 31.4. The summed E-state index contributed by atoms with van der Waals surface area (Å²) < 4.78 is 305. The highest BCUT2D eigenvalue weighted by atomic mass is 32.2. The van der Waals surface area contributed by atoms with E-state index in [4.69, 9.17) is 4.74 Å². The molecule has 10 saturated carbocycles. The zero-order chi connectivity index (χ0) is 99.6. The van der Waals surface area contributed by atoms with Crippen molar-refractivity contribution >= 4 is 90.8 Å². The second-order valence-corrected chi connectivity index (χ2v) is 51.4. The predicted octanol–water partition coefficient (Wildman–Crippen LogP) is 22.7. The molecule has 0 N–H and O–H groups in total. The number of ketones is 1. The normalized spacial score (nSPS) is 24.4. The molecular formula is C99H116F13NO17S7. The monoisotopic (exact) mass is 2060 g/mol. The number of sulfonamides is 1. The van der Waals surface area contributed by atoms with Gasteiger partial charge in [0, 0.05) is 29.5 Å². The van der Waals surface area contributed by atoms with Crippen molar-refractivity contribution in [2.24, 2.45) is 58.2 Å². The molecule has 3 atom stereocenters. The molecule has 38 heteroatoms. The van der Waals surface area contributed by atoms with Gasteiger partial charge in [-0.15, -0.1) is 0 Å². The lowest BCUT2D eigenvalue weighted by Crippen LogP contribution is -2.64. The van der Waals surface area contributed by atoms with Crippen molar-refractivity contribution < 1.29 is 133 Å². The largest absolute Gasteiger partial charge is 0.743 e. The van der Waals surface area contributed by atoms with Gasteiger partial charge in [-0.25, -0.2) is 33.7 Å². The molecule has 19 rings (SSSR count). The minimum absolute atomic E-state index is 0.0130. The van der Waals surface area contributed by atoms with Crippen LogP contribution in [0.15, 0.2) is 230 Å². The van der Waals surface area contributed by atoms with Crippen molar-refractivity contribution in [2.75, 3.05) is 37.8 Å². The Labute approximate surface area is 802 Å². The van der Waals surface area contributed by atoms with Gasteiger partial charge >= 0.3 is 45.1 Å². The lowest BCUT2D eigenvalue weighted by molar-refractivity contribution is -0.266. The van der Waals surface area contributed by atoms with Crippen molar-refractivity contribution in [3.05, 3.63) is 211 Å². The molecule has 10 aliphatic carbocycles. The number of carbonyl (C=O) groups is 3. The van der Waals surface area contributed by atoms with Gasteiger partial charge in [0.2, 0.25) is 5.78 Å². The number of hydrogen-bond acceptors (Lipinski definition) is 17. The van der Waals surface area contributed by atoms with Crippen LogP contribution in [-0.2, 0) is 92.1 Å². The van der Waals surface area contributed by atoms with Gasteiger partial charge in [0.1, 0.15) is 17.3 Å². The van der Waals surface area contributed by atoms with Crippen LogP contribution in [0, 0.1) is 58.2 Å². The van der Waals surface area contributed by atoms with Gasteiger partial charge < -0.3 is 27.9 Å². The van der Waals surface area contributed by atoms with Crippen molar-refractivity contribution in [3.63, 3.8) is 0 Å². The molecule has 2 heterocycles. The number of ether oxygens (including phenoxy) is 3. The van der Waals surface area contributed by atoms with E-state index in [-0.39, 0.29) is 97.0 Å². The first kappa shape index (κ1) is 109. The van der Waals surface area contributed by atoms with Gasteiger partial charge in [-0.2, -0.15) is 61.4 Å². The van der Waals surface area contributed by atoms with Gasteiger partial charge in [-0.05, 0) is 280 Å². The molecule has 12 aliphatic rings. The first-order valence-electron chi connectivity index (χ1n) is 46.3. The molecule has 0 radical (unpaired) electrons. The Kier molecular flexibility index (Phi) is 35.4. The number of piperidine rings is 1. The molecule has 8 bridgehead atoms. The molecule has 18 nitrogen and oxygen atoms in total. The SMILES string of the molecule is CC(C)(C(=O)c1ccc(C2CCCCC2)cc1)[S+]1CCCC1.CCCCOc1ccc([S+](c2ccccc2)c2ccccc2)cc1.O=C(OC(C(F)(F)F)C(F)(F)S(=O)(=O)[O-])C12CC3CC(CC(C3)C1)C2.O=C(OCC(F)(F)S(=O)(=O)[O-])C12CC3CC(CC(C3)C1)C2.O=S(=O)([O-])C(F)(F)C(F)(F)C(F)(F)S(=O)(=O)N1CCC2CCCCC2C1.c1ccc([S+](c2ccccc2)c2ccccc2)cc1. The molecule has 752 valence electrons. The molecular weight excluding hydrogens is 1950 g/mol. The molecule has 0 spiro atoms. The van der Waals surface area contributed by atoms with E-state index in [1.165, 1.54) is 91.4 Å². The Bertz CT molecular complexity index is 5440. The third-order valence-corrected chi connectivity index (χ3v) is 40.3. The molecule has 2 aliphatic heterocycles. The summed E-state index contributed by atoms with van der Waals surface area (Å²) in [6.07, 6.45) is 12.7. The fraction of sp³-hybridized carbons (Fsp3) is 0.545. The second kappa shape index (κ2) is 44.7. The predicted molar refractivity (Wildman–Crippen MR) is 493 cm³/mol. The van der Waals surface area contributed by atoms with Gasteiger partial charge in [0.15, 0.2) is 71.1 Å². The average molecular weight is 2060 g/mol. The lowest BCUT2D eigenvalue weighted by atomic mass is 9.49. The number of benzene rings is 7. The highest BCUT2D eigenvalue weighted by molar-refractivity contribution is 7.99. The fourth-order valence-electron chi connectivity index (χ4n) is 21.8. The Hall–Kier alpha value is -7.27. The van der Waals surface area contributed by atoms with Crippen LogP contribution >= 0.6 is 0 Å². The van der Waals surface area contributed by atoms with Crippen molar-refractivity contribution in [1.82, 2.24) is 4.31 Å². The number of esters is 2. The summed E-state index contributed by atoms with van der Waals surface area (Å²) >= 11 is 0. The summed E-state index contributed by atoms with van der Waals surface area (Å²) in [6.45, 7) is 4.49. The summed E-state index contributed by atoms with van der Waals surface area (Å²) in [7, 11) is -25.9. The molecule has 7 aromatic carbocycles. The number of unbranched alkanes of at least 4 members (excludes halogenated alkanes) is 1. The Morgan fingerprint density at radius 1 is 0.453 bits per heavy atom. The smallest absolute Gasteiger partial charge is 0.432 e. The average Bonchev–Trinajstić information content (AvgIpc) is 1.46. The number of alkyl halides is 13. The van der Waals surface area contributed by atoms with E-state index in [1.54, 1.807) is 0 Å². The minimum atomic E-state index is -7.25. The van der Waals surface area contributed by atoms with Crippen molar-refractivity contribution in [2.45, 2.75) is 267 Å². The third-order valence-electron chi connectivity index (χ3n) is 28.1. The van der Waals surface area contributed by atoms with E-state index in [1.807, 2.05) is 0 Å². The van der Waals surface area contributed by atoms with E-state index in [0.717, 1.165) is 88.0 Å². The summed E-state index contributed by atoms with van der Waals surface area (Å²) in [5.74, 6) is -3.29. The van der Waals surface area contributed by atoms with Crippen LogP contribution in [0.3, 0.4) is 0 Å². The number of rotatable bonds is 27. The summed E-state index contributed by atoms with van der Waals surface area (Å²) in [5.41, 5.74) is 0.333. The summed E-state index contributed by atoms with van der Waals surface area (Å²) in [4.78, 5) is 45.6. The van der Waals surface area contributed by atoms with Gasteiger partial charge in [-0.3, -0.25) is 14.4 Å². The van der Waals surface area contributed by atoms with Gasteiger partial charge in [0.25, 0.3) is 16.1 Å². The molecule has 137 heavy (non-hydrogen) atoms. The summed E-state index contributed by atoms with van der Waals surface area (Å²) in [6, 6.07) is 70.8. The number of nitrogens with zero attached hydrogens (tertiary/aromatic N) is 1. The number of fused-ring (bicyclic) bond motifs is 1. The van der Waals surface area contributed by atoms with E-state index in [2.05, 4.69) is 230 Å². The molecule has 3 unspecified atom stereocenters. The number of halogens is 13. The maximum Gasteiger partial charge on any atom is 0.432 e. The van der Waals surface area contributed by atoms with Crippen LogP contribution in [-0.4, -0.2) is 151 Å². The van der Waals surface area contributed by atoms with Crippen LogP contribution < -0.4 is 4.74 Å². The quantitative estimate of drug-likeness (QED) is 0.0115. The maximum atomic E-state index is 14.0. The van der Waals surface area contributed by atoms with Crippen molar-refractivity contribution in [3.8, 4) is 5.75 Å². The molecule has 2 saturated heterocycles. The first-order chi connectivity index (χ1) is 64.3. The number of hydrogen-bond donors (Lipinski definition) is 0. The van der Waals surface area contributed by atoms with Gasteiger partial charge in [0.05, 0.1) is 39.2 Å². The third kappa shape index (κ3) is 25.5. The first-order valence-corrected chi connectivity index (χ1v) is 56.0. The van der Waals surface area contributed by atoms with E-state index >= 15 is 0 Å². The van der Waals surface area contributed by atoms with Crippen LogP contribution in [0.1, 0.15) is 210 Å². The van der Waals surface area contributed by atoms with Crippen LogP contribution in [0.25, 0.3) is 0 Å². The Balaban J connectivity index is 0.000000148. The van der Waals surface area contributed by atoms with E-state index in [0.29, 0.717) is 55.6 Å². The van der Waals surface area contributed by atoms with Crippen LogP contribution in [0.2, 0.25) is 0 Å². The van der Waals surface area contributed by atoms with Gasteiger partial charge in [-0.1, -0.05) is 167 Å². The molecule has 7 aromatic rings. The van der Waals surface area contributed by atoms with Crippen LogP contribution in [0.5, 0.6) is 5.75 Å². The molecule has 12 fully saturated rings. The summed E-state index contributed by atoms with van der Waals surface area (Å²) in [5, 5.41) is -23.6. The van der Waals surface area contributed by atoms with Crippen LogP contribution in [0.4, 0.5) is 57.1 Å². The molecule has 0 amide bonds. The lowest BCUT2D eigenvalue weighted by Gasteiger charge is -2.55. The minimum Gasteiger partial charge on any atom is -0.743 e. The van der Waals surface area contributed by atoms with E-state index in [9.17, 15) is 119 Å². The highest BCUT2D eigenvalue weighted by Gasteiger charge is 2.81. The zero-order valence-electron chi connectivity index (χ0n) is 76.1. The second-order valence-electron chi connectivity index (χ2n) is 38.2. The topological polar surface area (TPSA) is 288 Å². The standard InChI is InChI=1S/C22H23OS.C20H29OS.C18H15S.C14H17F5O5S.C13H18F2O5S.C12H17F6NO5S2/c1-2-3-18-23-19-14-16-22(17-15-19)24(20-10-6-4-7-11-20)21-12-8-5-9-13-21;1-20(2,22-14-6-7-15-22)19(21)18-12-10-17(11-13-18)16-8-4-3-5-9-16;1-4-10-16(11-5-1)19(17-12-6-2-7-13-17)18-14-8-3-9-15-18;15-13(16,17)10(14(18,19)25(21,22)23)24-11(20)12-4-7-1-8(5-12)3-9(2-7)6-12;14-13(15,21(17,18)19)7-20-11(16)12-4-8-1-9(5-12)3-10(2-8)6-12;13-10(14,12(17,18)26(22,23)24)11(15,16)25(20,21)19-6-5-8-3-1-2-4-9(8)7-19/h4-17H,2-3,18H2,1H3;10-13,16H,3-9,14-15H2,1-2H3;1-15H;7-10H,1-6H2,(H,21,22,23);8-10H,1-7H2,(H,17,18,19);8-9H,1-7H2,(H,22,23,24)/q3*+1;;;/p-3. The van der Waals surface area contributed by atoms with E-state index < -0.39 is 122 Å². The zero-order valence-corrected chi connectivity index (χ0v) is 81.8. The number of carbonyl (C=O) groups excluding carboxylic acids is 3. The molecule has 0 aromatic heterocycles. The maximum absolute atomic E-state index is 14.0. The van der Waals surface area contributed by atoms with Crippen molar-refractivity contribution in [1.29, 1.82) is 0 Å². The highest BCUT2D eigenvalue weighted by Crippen LogP contribution is 2.63. The Morgan fingerprint density at radius 2 is 0.832 bits per heavy atom. The Morgan fingerprint density at radius 3 is 1.20 bits per heavy atom. The number of Topliss-reactive ketones (excluding diaryl/α,β-unsaturated/α-hetero) is 1.